The Morgan fingerprint density at radius 1 is 1.27 bits per heavy atom. The van der Waals surface area contributed by atoms with E-state index in [2.05, 4.69) is 25.7 Å². The molecule has 1 saturated carbocycles. The summed E-state index contributed by atoms with van der Waals surface area (Å²) in [5.74, 6) is 0.138. The summed E-state index contributed by atoms with van der Waals surface area (Å²) in [6, 6.07) is 2.04. The fourth-order valence-electron chi connectivity index (χ4n) is 5.28. The van der Waals surface area contributed by atoms with E-state index in [1.54, 1.807) is 11.0 Å². The van der Waals surface area contributed by atoms with Crippen molar-refractivity contribution in [1.29, 1.82) is 0 Å². The SMILES string of the molecule is CCCN(CCC(=O)N1CC2(C)CC1CC(C)(C)C2)C(=O)c1ccoc1. The van der Waals surface area contributed by atoms with E-state index in [-0.39, 0.29) is 17.2 Å². The maximum absolute atomic E-state index is 12.9. The van der Waals surface area contributed by atoms with Crippen LogP contribution in [-0.4, -0.2) is 47.3 Å². The first kappa shape index (κ1) is 19.0. The first-order chi connectivity index (χ1) is 12.2. The van der Waals surface area contributed by atoms with Crippen molar-refractivity contribution in [2.24, 2.45) is 10.8 Å². The molecule has 2 amide bonds. The summed E-state index contributed by atoms with van der Waals surface area (Å²) in [7, 11) is 0. The van der Waals surface area contributed by atoms with Crippen molar-refractivity contribution in [3.63, 3.8) is 0 Å². The quantitative estimate of drug-likeness (QED) is 0.772. The number of furan rings is 1. The van der Waals surface area contributed by atoms with Gasteiger partial charge in [0.1, 0.15) is 6.26 Å². The average molecular weight is 360 g/mol. The predicted octanol–water partition coefficient (Wildman–Crippen LogP) is 3.95. The summed E-state index contributed by atoms with van der Waals surface area (Å²) in [5, 5.41) is 0. The molecule has 1 aromatic rings. The highest BCUT2D eigenvalue weighted by atomic mass is 16.3. The van der Waals surface area contributed by atoms with Crippen LogP contribution in [0.3, 0.4) is 0 Å². The Hall–Kier alpha value is -1.78. The number of rotatable bonds is 6. The molecule has 144 valence electrons. The summed E-state index contributed by atoms with van der Waals surface area (Å²) in [4.78, 5) is 29.4. The van der Waals surface area contributed by atoms with Crippen LogP contribution in [0, 0.1) is 10.8 Å². The van der Waals surface area contributed by atoms with Crippen molar-refractivity contribution < 1.29 is 14.0 Å². The van der Waals surface area contributed by atoms with E-state index < -0.39 is 0 Å². The van der Waals surface area contributed by atoms with Crippen molar-refractivity contribution >= 4 is 11.8 Å². The predicted molar refractivity (Wildman–Crippen MR) is 101 cm³/mol. The van der Waals surface area contributed by atoms with E-state index in [9.17, 15) is 9.59 Å². The molecule has 0 spiro atoms. The van der Waals surface area contributed by atoms with Crippen molar-refractivity contribution in [1.82, 2.24) is 9.80 Å². The van der Waals surface area contributed by atoms with Crippen LogP contribution in [0.2, 0.25) is 0 Å². The topological polar surface area (TPSA) is 53.8 Å². The Kier molecular flexibility index (Phi) is 5.18. The van der Waals surface area contributed by atoms with Gasteiger partial charge in [0.25, 0.3) is 5.91 Å². The molecule has 5 heteroatoms. The lowest BCUT2D eigenvalue weighted by molar-refractivity contribution is -0.132. The summed E-state index contributed by atoms with van der Waals surface area (Å²) in [5.41, 5.74) is 1.10. The van der Waals surface area contributed by atoms with Gasteiger partial charge < -0.3 is 14.2 Å². The van der Waals surface area contributed by atoms with Crippen LogP contribution in [-0.2, 0) is 4.79 Å². The lowest BCUT2D eigenvalue weighted by atomic mass is 9.65. The Labute approximate surface area is 156 Å². The second-order valence-corrected chi connectivity index (χ2v) is 9.29. The van der Waals surface area contributed by atoms with Crippen molar-refractivity contribution in [2.75, 3.05) is 19.6 Å². The van der Waals surface area contributed by atoms with Crippen LogP contribution in [0.5, 0.6) is 0 Å². The number of likely N-dealkylation sites (tertiary alicyclic amines) is 1. The molecule has 2 heterocycles. The van der Waals surface area contributed by atoms with Gasteiger partial charge in [0.05, 0.1) is 11.8 Å². The molecule has 2 fully saturated rings. The molecular weight excluding hydrogens is 328 g/mol. The molecule has 3 rings (SSSR count). The van der Waals surface area contributed by atoms with Gasteiger partial charge in [-0.3, -0.25) is 9.59 Å². The zero-order chi connectivity index (χ0) is 18.9. The molecule has 1 aliphatic heterocycles. The monoisotopic (exact) mass is 360 g/mol. The van der Waals surface area contributed by atoms with Gasteiger partial charge in [-0.05, 0) is 42.6 Å². The molecular formula is C21H32N2O3. The maximum atomic E-state index is 12.9. The van der Waals surface area contributed by atoms with Crippen LogP contribution in [0.1, 0.15) is 70.2 Å². The molecule has 5 nitrogen and oxygen atoms in total. The lowest BCUT2D eigenvalue weighted by Gasteiger charge is -2.39. The van der Waals surface area contributed by atoms with Gasteiger partial charge in [-0.1, -0.05) is 27.7 Å². The fraction of sp³-hybridized carbons (Fsp3) is 0.714. The summed E-state index contributed by atoms with van der Waals surface area (Å²) >= 11 is 0. The number of hydrogen-bond donors (Lipinski definition) is 0. The third kappa shape index (κ3) is 3.97. The van der Waals surface area contributed by atoms with Crippen molar-refractivity contribution in [3.8, 4) is 0 Å². The molecule has 2 aliphatic rings. The lowest BCUT2D eigenvalue weighted by Crippen LogP contribution is -2.40. The Bertz CT molecular complexity index is 652. The summed E-state index contributed by atoms with van der Waals surface area (Å²) in [6.07, 6.45) is 7.64. The molecule has 26 heavy (non-hydrogen) atoms. The third-order valence-corrected chi connectivity index (χ3v) is 5.88. The van der Waals surface area contributed by atoms with Crippen LogP contribution in [0.25, 0.3) is 0 Å². The maximum Gasteiger partial charge on any atom is 0.257 e. The second kappa shape index (κ2) is 7.09. The molecule has 1 aromatic heterocycles. The number of carbonyl (C=O) groups excluding carboxylic acids is 2. The second-order valence-electron chi connectivity index (χ2n) is 9.29. The fourth-order valence-corrected chi connectivity index (χ4v) is 5.28. The van der Waals surface area contributed by atoms with Gasteiger partial charge in [0, 0.05) is 32.1 Å². The number of hydrogen-bond acceptors (Lipinski definition) is 3. The molecule has 1 saturated heterocycles. The summed E-state index contributed by atoms with van der Waals surface area (Å²) in [6.45, 7) is 11.0. The van der Waals surface area contributed by atoms with Crippen LogP contribution in [0.15, 0.2) is 23.0 Å². The molecule has 2 unspecified atom stereocenters. The highest BCUT2D eigenvalue weighted by Crippen LogP contribution is 2.52. The number of fused-ring (bicyclic) bond motifs is 2. The van der Waals surface area contributed by atoms with E-state index in [0.717, 1.165) is 25.8 Å². The van der Waals surface area contributed by atoms with E-state index in [1.807, 2.05) is 6.92 Å². The Morgan fingerprint density at radius 2 is 2.04 bits per heavy atom. The van der Waals surface area contributed by atoms with Crippen LogP contribution < -0.4 is 0 Å². The van der Waals surface area contributed by atoms with E-state index >= 15 is 0 Å². The van der Waals surface area contributed by atoms with E-state index in [0.29, 0.717) is 36.5 Å². The smallest absolute Gasteiger partial charge is 0.257 e. The summed E-state index contributed by atoms with van der Waals surface area (Å²) < 4.78 is 5.03. The normalized spacial score (nSPS) is 26.8. The van der Waals surface area contributed by atoms with Crippen molar-refractivity contribution in [2.45, 2.75) is 65.8 Å². The Morgan fingerprint density at radius 3 is 2.69 bits per heavy atom. The standard InChI is InChI=1S/C21H32N2O3/c1-5-8-22(19(25)16-7-10-26-13-16)9-6-18(24)23-15-21(4)12-17(23)11-20(2,3)14-21/h7,10,13,17H,5-6,8-9,11-12,14-15H2,1-4H3. The molecule has 0 aromatic carbocycles. The minimum absolute atomic E-state index is 0.0540. The molecule has 0 N–H and O–H groups in total. The van der Waals surface area contributed by atoms with Crippen molar-refractivity contribution in [3.05, 3.63) is 24.2 Å². The first-order valence-corrected chi connectivity index (χ1v) is 9.84. The molecule has 0 radical (unpaired) electrons. The van der Waals surface area contributed by atoms with Gasteiger partial charge in [-0.2, -0.15) is 0 Å². The first-order valence-electron chi connectivity index (χ1n) is 9.84. The van der Waals surface area contributed by atoms with Gasteiger partial charge in [0.15, 0.2) is 0 Å². The largest absolute Gasteiger partial charge is 0.472 e. The molecule has 2 atom stereocenters. The van der Waals surface area contributed by atoms with E-state index in [4.69, 9.17) is 4.42 Å². The average Bonchev–Trinajstić information content (AvgIpc) is 3.15. The van der Waals surface area contributed by atoms with E-state index in [1.165, 1.54) is 18.9 Å². The van der Waals surface area contributed by atoms with Gasteiger partial charge >= 0.3 is 0 Å². The molecule has 1 aliphatic carbocycles. The minimum atomic E-state index is -0.0540. The zero-order valence-electron chi connectivity index (χ0n) is 16.6. The number of nitrogens with zero attached hydrogens (tertiary/aromatic N) is 2. The zero-order valence-corrected chi connectivity index (χ0v) is 16.6. The van der Waals surface area contributed by atoms with Gasteiger partial charge in [-0.25, -0.2) is 0 Å². The Balaban J connectivity index is 1.61. The van der Waals surface area contributed by atoms with Crippen LogP contribution in [0.4, 0.5) is 0 Å². The highest BCUT2D eigenvalue weighted by Gasteiger charge is 2.50. The van der Waals surface area contributed by atoms with Crippen LogP contribution >= 0.6 is 0 Å². The number of amides is 2. The highest BCUT2D eigenvalue weighted by molar-refractivity contribution is 5.94. The van der Waals surface area contributed by atoms with Gasteiger partial charge in [0.2, 0.25) is 5.91 Å². The molecule has 2 bridgehead atoms. The number of carbonyl (C=O) groups is 2. The van der Waals surface area contributed by atoms with Gasteiger partial charge in [-0.15, -0.1) is 0 Å². The minimum Gasteiger partial charge on any atom is -0.472 e. The third-order valence-electron chi connectivity index (χ3n) is 5.88.